The molecule has 112 valence electrons. The van der Waals surface area contributed by atoms with Crippen LogP contribution in [0.3, 0.4) is 0 Å². The van der Waals surface area contributed by atoms with E-state index in [9.17, 15) is 0 Å². The van der Waals surface area contributed by atoms with E-state index < -0.39 is 11.6 Å². The summed E-state index contributed by atoms with van der Waals surface area (Å²) in [5, 5.41) is 8.96. The number of hydrogen-bond acceptors (Lipinski definition) is 6. The quantitative estimate of drug-likeness (QED) is 0.723. The summed E-state index contributed by atoms with van der Waals surface area (Å²) in [6.45, 7) is 7.93. The Hall–Kier alpha value is -0.710. The van der Waals surface area contributed by atoms with Gasteiger partial charge in [-0.1, -0.05) is 0 Å². The highest BCUT2D eigenvalue weighted by Crippen LogP contribution is 2.42. The van der Waals surface area contributed by atoms with Crippen molar-refractivity contribution in [2.75, 3.05) is 6.61 Å². The monoisotopic (exact) mass is 283 g/mol. The van der Waals surface area contributed by atoms with Crippen LogP contribution in [0, 0.1) is 11.3 Å². The molecule has 0 radical (unpaired) electrons. The summed E-state index contributed by atoms with van der Waals surface area (Å²) in [5.41, 5.74) is 0. The van der Waals surface area contributed by atoms with Crippen molar-refractivity contribution in [2.45, 2.75) is 76.2 Å². The van der Waals surface area contributed by atoms with Crippen LogP contribution in [0.2, 0.25) is 0 Å². The number of nitriles is 1. The fraction of sp³-hybridized carbons (Fsp3) is 0.929. The van der Waals surface area contributed by atoms with Gasteiger partial charge in [-0.15, -0.1) is 0 Å². The van der Waals surface area contributed by atoms with Gasteiger partial charge in [-0.3, -0.25) is 0 Å². The van der Waals surface area contributed by atoms with Gasteiger partial charge in [0, 0.05) is 0 Å². The SMILES string of the molecule is CC1(C)O[C@@H]2[C@H](O1)[C@H](CC#N)O[C@@H]1COC(C)(C)O[C@@H]21. The zero-order chi connectivity index (χ0) is 14.5. The third-order valence-electron chi connectivity index (χ3n) is 3.88. The van der Waals surface area contributed by atoms with E-state index in [0.717, 1.165) is 0 Å². The molecular formula is C14H21NO5. The van der Waals surface area contributed by atoms with Crippen molar-refractivity contribution in [1.29, 1.82) is 5.26 Å². The van der Waals surface area contributed by atoms with E-state index >= 15 is 0 Å². The predicted molar refractivity (Wildman–Crippen MR) is 67.6 cm³/mol. The lowest BCUT2D eigenvalue weighted by molar-refractivity contribution is -0.347. The van der Waals surface area contributed by atoms with Crippen LogP contribution in [-0.4, -0.2) is 48.7 Å². The molecule has 0 bridgehead atoms. The average Bonchev–Trinajstić information content (AvgIpc) is 2.66. The lowest BCUT2D eigenvalue weighted by Crippen LogP contribution is -2.63. The first-order valence-electron chi connectivity index (χ1n) is 7.01. The molecule has 3 saturated heterocycles. The van der Waals surface area contributed by atoms with E-state index in [-0.39, 0.29) is 36.9 Å². The van der Waals surface area contributed by atoms with Gasteiger partial charge in [-0.25, -0.2) is 0 Å². The first-order chi connectivity index (χ1) is 9.31. The first kappa shape index (κ1) is 14.2. The summed E-state index contributed by atoms with van der Waals surface area (Å²) in [7, 11) is 0. The van der Waals surface area contributed by atoms with Crippen LogP contribution in [0.15, 0.2) is 0 Å². The number of rotatable bonds is 1. The second-order valence-corrected chi connectivity index (χ2v) is 6.43. The van der Waals surface area contributed by atoms with Crippen LogP contribution >= 0.6 is 0 Å². The normalized spacial score (nSPS) is 45.2. The summed E-state index contributed by atoms with van der Waals surface area (Å²) in [6, 6.07) is 2.15. The number of nitrogens with zero attached hydrogens (tertiary/aromatic N) is 1. The minimum atomic E-state index is -0.687. The molecule has 3 heterocycles. The molecule has 0 amide bonds. The molecule has 3 aliphatic rings. The largest absolute Gasteiger partial charge is 0.366 e. The molecule has 0 saturated carbocycles. The van der Waals surface area contributed by atoms with Gasteiger partial charge in [-0.05, 0) is 27.7 Å². The summed E-state index contributed by atoms with van der Waals surface area (Å²) >= 11 is 0. The number of fused-ring (bicyclic) bond motifs is 3. The minimum Gasteiger partial charge on any atom is -0.366 e. The highest BCUT2D eigenvalue weighted by molar-refractivity contribution is 5.02. The standard InChI is InChI=1S/C14H21NO5/c1-13(2)16-7-9-11(18-13)12-10(8(17-9)5-6-15)19-14(3,4)20-12/h8-12H,5,7H2,1-4H3/t8-,9+,10+,11+,12+/m0/s1. The molecule has 3 fully saturated rings. The molecule has 0 aromatic heterocycles. The van der Waals surface area contributed by atoms with Crippen molar-refractivity contribution in [1.82, 2.24) is 0 Å². The molecule has 0 N–H and O–H groups in total. The predicted octanol–water partition coefficient (Wildman–Crippen LogP) is 1.34. The molecule has 0 aromatic carbocycles. The van der Waals surface area contributed by atoms with E-state index in [0.29, 0.717) is 6.61 Å². The summed E-state index contributed by atoms with van der Waals surface area (Å²) < 4.78 is 29.5. The Balaban J connectivity index is 1.85. The van der Waals surface area contributed by atoms with Gasteiger partial charge in [-0.2, -0.15) is 5.26 Å². The topological polar surface area (TPSA) is 69.9 Å². The maximum atomic E-state index is 8.96. The third-order valence-corrected chi connectivity index (χ3v) is 3.88. The Morgan fingerprint density at radius 2 is 1.65 bits per heavy atom. The number of hydrogen-bond donors (Lipinski definition) is 0. The molecule has 0 aromatic rings. The van der Waals surface area contributed by atoms with E-state index in [1.807, 2.05) is 27.7 Å². The van der Waals surface area contributed by atoms with Gasteiger partial charge in [0.2, 0.25) is 0 Å². The molecule has 6 nitrogen and oxygen atoms in total. The molecular weight excluding hydrogens is 262 g/mol. The van der Waals surface area contributed by atoms with E-state index in [1.54, 1.807) is 0 Å². The first-order valence-corrected chi connectivity index (χ1v) is 7.01. The van der Waals surface area contributed by atoms with Gasteiger partial charge in [0.15, 0.2) is 11.6 Å². The lowest BCUT2D eigenvalue weighted by Gasteiger charge is -2.48. The van der Waals surface area contributed by atoms with Gasteiger partial charge in [0.25, 0.3) is 0 Å². The van der Waals surface area contributed by atoms with E-state index in [2.05, 4.69) is 6.07 Å². The zero-order valence-electron chi connectivity index (χ0n) is 12.3. The van der Waals surface area contributed by atoms with Crippen molar-refractivity contribution >= 4 is 0 Å². The Bertz CT molecular complexity index is 430. The molecule has 0 unspecified atom stereocenters. The van der Waals surface area contributed by atoms with Crippen molar-refractivity contribution in [3.05, 3.63) is 0 Å². The van der Waals surface area contributed by atoms with Gasteiger partial charge in [0.1, 0.15) is 30.5 Å². The van der Waals surface area contributed by atoms with Gasteiger partial charge < -0.3 is 23.7 Å². The number of ether oxygens (including phenoxy) is 5. The van der Waals surface area contributed by atoms with Crippen molar-refractivity contribution in [3.63, 3.8) is 0 Å². The Labute approximate surface area is 118 Å². The van der Waals surface area contributed by atoms with Crippen molar-refractivity contribution < 1.29 is 23.7 Å². The lowest BCUT2D eigenvalue weighted by atomic mass is 9.93. The molecule has 6 heteroatoms. The highest BCUT2D eigenvalue weighted by atomic mass is 16.8. The van der Waals surface area contributed by atoms with E-state index in [4.69, 9.17) is 28.9 Å². The fourth-order valence-electron chi connectivity index (χ4n) is 3.13. The maximum Gasteiger partial charge on any atom is 0.164 e. The van der Waals surface area contributed by atoms with Crippen LogP contribution in [-0.2, 0) is 23.7 Å². The maximum absolute atomic E-state index is 8.96. The van der Waals surface area contributed by atoms with Crippen LogP contribution in [0.5, 0.6) is 0 Å². The molecule has 20 heavy (non-hydrogen) atoms. The molecule has 0 aliphatic carbocycles. The molecule has 3 aliphatic heterocycles. The highest BCUT2D eigenvalue weighted by Gasteiger charge is 2.58. The fourth-order valence-corrected chi connectivity index (χ4v) is 3.13. The second kappa shape index (κ2) is 4.65. The summed E-state index contributed by atoms with van der Waals surface area (Å²) in [4.78, 5) is 0. The Kier molecular flexibility index (Phi) is 3.31. The third kappa shape index (κ3) is 2.45. The molecule has 0 spiro atoms. The van der Waals surface area contributed by atoms with Gasteiger partial charge in [0.05, 0.1) is 19.1 Å². The molecule has 5 atom stereocenters. The van der Waals surface area contributed by atoms with Crippen LogP contribution < -0.4 is 0 Å². The van der Waals surface area contributed by atoms with Crippen LogP contribution in [0.1, 0.15) is 34.1 Å². The van der Waals surface area contributed by atoms with Crippen molar-refractivity contribution in [2.24, 2.45) is 0 Å². The average molecular weight is 283 g/mol. The Morgan fingerprint density at radius 3 is 2.35 bits per heavy atom. The summed E-state index contributed by atoms with van der Waals surface area (Å²) in [5.74, 6) is -1.35. The van der Waals surface area contributed by atoms with Gasteiger partial charge >= 0.3 is 0 Å². The Morgan fingerprint density at radius 1 is 1.00 bits per heavy atom. The van der Waals surface area contributed by atoms with E-state index in [1.165, 1.54) is 0 Å². The minimum absolute atomic E-state index is 0.222. The zero-order valence-corrected chi connectivity index (χ0v) is 12.3. The summed E-state index contributed by atoms with van der Waals surface area (Å²) in [6.07, 6.45) is -1.00. The smallest absolute Gasteiger partial charge is 0.164 e. The van der Waals surface area contributed by atoms with Crippen LogP contribution in [0.4, 0.5) is 0 Å². The van der Waals surface area contributed by atoms with Crippen LogP contribution in [0.25, 0.3) is 0 Å². The second-order valence-electron chi connectivity index (χ2n) is 6.43. The molecule has 3 rings (SSSR count). The van der Waals surface area contributed by atoms with Crippen molar-refractivity contribution in [3.8, 4) is 6.07 Å².